The average Bonchev–Trinajstić information content (AvgIpc) is 2.89. The van der Waals surface area contributed by atoms with Crippen molar-refractivity contribution in [1.29, 1.82) is 0 Å². The van der Waals surface area contributed by atoms with Gasteiger partial charge in [-0.05, 0) is 19.8 Å². The minimum atomic E-state index is -0.227. The van der Waals surface area contributed by atoms with Crippen molar-refractivity contribution >= 4 is 0 Å². The SMILES string of the molecule is C=C(C)C1CC2(C3CCCCC3)OC[C@@H]1O2. The van der Waals surface area contributed by atoms with Crippen LogP contribution in [-0.4, -0.2) is 18.5 Å². The monoisotopic (exact) mass is 222 g/mol. The molecule has 0 aromatic rings. The maximum absolute atomic E-state index is 6.19. The minimum Gasteiger partial charge on any atom is -0.347 e. The Bertz CT molecular complexity index is 293. The van der Waals surface area contributed by atoms with Gasteiger partial charge in [-0.3, -0.25) is 0 Å². The summed E-state index contributed by atoms with van der Waals surface area (Å²) < 4.78 is 12.2. The number of hydrogen-bond donors (Lipinski definition) is 0. The molecule has 2 heteroatoms. The lowest BCUT2D eigenvalue weighted by atomic mass is 9.78. The lowest BCUT2D eigenvalue weighted by Gasteiger charge is -2.37. The molecule has 2 nitrogen and oxygen atoms in total. The number of hydrogen-bond acceptors (Lipinski definition) is 2. The Morgan fingerprint density at radius 2 is 2.00 bits per heavy atom. The van der Waals surface area contributed by atoms with E-state index in [2.05, 4.69) is 13.5 Å². The molecule has 1 aliphatic carbocycles. The van der Waals surface area contributed by atoms with Crippen molar-refractivity contribution < 1.29 is 9.47 Å². The zero-order valence-electron chi connectivity index (χ0n) is 10.2. The van der Waals surface area contributed by atoms with Crippen molar-refractivity contribution in [3.05, 3.63) is 12.2 Å². The Balaban J connectivity index is 1.76. The van der Waals surface area contributed by atoms with Crippen molar-refractivity contribution in [2.24, 2.45) is 11.8 Å². The molecule has 2 bridgehead atoms. The molecule has 90 valence electrons. The van der Waals surface area contributed by atoms with Gasteiger partial charge in [0.1, 0.15) is 0 Å². The molecule has 0 amide bonds. The molecule has 2 saturated heterocycles. The third-order valence-electron chi connectivity index (χ3n) is 4.66. The van der Waals surface area contributed by atoms with Gasteiger partial charge in [0.2, 0.25) is 0 Å². The first-order valence-electron chi connectivity index (χ1n) is 6.68. The summed E-state index contributed by atoms with van der Waals surface area (Å²) in [5.74, 6) is 0.945. The fourth-order valence-corrected chi connectivity index (χ4v) is 3.71. The molecule has 2 heterocycles. The third kappa shape index (κ3) is 1.54. The van der Waals surface area contributed by atoms with Gasteiger partial charge in [0.25, 0.3) is 0 Å². The van der Waals surface area contributed by atoms with Gasteiger partial charge in [0.05, 0.1) is 12.7 Å². The number of fused-ring (bicyclic) bond motifs is 2. The molecular weight excluding hydrogens is 200 g/mol. The normalized spacial score (nSPS) is 43.8. The highest BCUT2D eigenvalue weighted by atomic mass is 16.8. The van der Waals surface area contributed by atoms with E-state index in [0.717, 1.165) is 13.0 Å². The maximum atomic E-state index is 6.19. The van der Waals surface area contributed by atoms with E-state index in [9.17, 15) is 0 Å². The van der Waals surface area contributed by atoms with Gasteiger partial charge < -0.3 is 9.47 Å². The first-order chi connectivity index (χ1) is 7.71. The zero-order valence-corrected chi connectivity index (χ0v) is 10.2. The Kier molecular flexibility index (Phi) is 2.60. The quantitative estimate of drug-likeness (QED) is 0.668. The summed E-state index contributed by atoms with van der Waals surface area (Å²) in [4.78, 5) is 0. The van der Waals surface area contributed by atoms with Crippen molar-refractivity contribution in [2.45, 2.75) is 57.3 Å². The van der Waals surface area contributed by atoms with Crippen molar-refractivity contribution in [3.63, 3.8) is 0 Å². The van der Waals surface area contributed by atoms with E-state index in [4.69, 9.17) is 9.47 Å². The molecular formula is C14H22O2. The number of rotatable bonds is 2. The van der Waals surface area contributed by atoms with Gasteiger partial charge in [-0.15, -0.1) is 0 Å². The summed E-state index contributed by atoms with van der Waals surface area (Å²) in [6.07, 6.45) is 8.01. The fourth-order valence-electron chi connectivity index (χ4n) is 3.71. The molecule has 0 aromatic heterocycles. The second kappa shape index (κ2) is 3.85. The molecule has 3 aliphatic rings. The summed E-state index contributed by atoms with van der Waals surface area (Å²) in [6, 6.07) is 0. The second-order valence-electron chi connectivity index (χ2n) is 5.77. The lowest BCUT2D eigenvalue weighted by Crippen LogP contribution is -2.40. The molecule has 0 aromatic carbocycles. The predicted molar refractivity (Wildman–Crippen MR) is 63.1 cm³/mol. The van der Waals surface area contributed by atoms with Crippen LogP contribution in [-0.2, 0) is 9.47 Å². The van der Waals surface area contributed by atoms with Crippen LogP contribution in [0.4, 0.5) is 0 Å². The van der Waals surface area contributed by atoms with E-state index < -0.39 is 0 Å². The third-order valence-corrected chi connectivity index (χ3v) is 4.66. The highest BCUT2D eigenvalue weighted by Crippen LogP contribution is 2.52. The molecule has 0 N–H and O–H groups in total. The van der Waals surface area contributed by atoms with Crippen molar-refractivity contribution in [2.75, 3.05) is 6.61 Å². The predicted octanol–water partition coefficient (Wildman–Crippen LogP) is 3.27. The first-order valence-corrected chi connectivity index (χ1v) is 6.68. The van der Waals surface area contributed by atoms with E-state index in [0.29, 0.717) is 17.9 Å². The zero-order chi connectivity index (χ0) is 11.2. The van der Waals surface area contributed by atoms with Crippen LogP contribution in [0.3, 0.4) is 0 Å². The Morgan fingerprint density at radius 1 is 1.25 bits per heavy atom. The molecule has 3 fully saturated rings. The van der Waals surface area contributed by atoms with E-state index in [-0.39, 0.29) is 5.79 Å². The largest absolute Gasteiger partial charge is 0.347 e. The molecule has 0 radical (unpaired) electrons. The van der Waals surface area contributed by atoms with Crippen molar-refractivity contribution in [1.82, 2.24) is 0 Å². The van der Waals surface area contributed by atoms with Crippen molar-refractivity contribution in [3.8, 4) is 0 Å². The van der Waals surface area contributed by atoms with Gasteiger partial charge >= 0.3 is 0 Å². The molecule has 3 rings (SSSR count). The smallest absolute Gasteiger partial charge is 0.172 e. The summed E-state index contributed by atoms with van der Waals surface area (Å²) in [6.45, 7) is 7.01. The number of ether oxygens (including phenoxy) is 2. The van der Waals surface area contributed by atoms with E-state index in [1.807, 2.05) is 0 Å². The van der Waals surface area contributed by atoms with Crippen LogP contribution in [0, 0.1) is 11.8 Å². The van der Waals surface area contributed by atoms with Gasteiger partial charge in [-0.25, -0.2) is 0 Å². The lowest BCUT2D eigenvalue weighted by molar-refractivity contribution is -0.191. The van der Waals surface area contributed by atoms with Gasteiger partial charge in [-0.2, -0.15) is 0 Å². The van der Waals surface area contributed by atoms with Crippen LogP contribution in [0.5, 0.6) is 0 Å². The topological polar surface area (TPSA) is 18.5 Å². The molecule has 3 atom stereocenters. The first kappa shape index (κ1) is 10.8. The van der Waals surface area contributed by atoms with Crippen LogP contribution in [0.15, 0.2) is 12.2 Å². The average molecular weight is 222 g/mol. The van der Waals surface area contributed by atoms with Gasteiger partial charge in [0.15, 0.2) is 5.79 Å². The molecule has 1 saturated carbocycles. The second-order valence-corrected chi connectivity index (χ2v) is 5.77. The maximum Gasteiger partial charge on any atom is 0.172 e. The summed E-state index contributed by atoms with van der Waals surface area (Å²) >= 11 is 0. The van der Waals surface area contributed by atoms with E-state index in [1.54, 1.807) is 0 Å². The Hall–Kier alpha value is -0.340. The highest BCUT2D eigenvalue weighted by molar-refractivity contribution is 5.09. The molecule has 2 aliphatic heterocycles. The van der Waals surface area contributed by atoms with Gasteiger partial charge in [0, 0.05) is 18.3 Å². The van der Waals surface area contributed by atoms with E-state index >= 15 is 0 Å². The van der Waals surface area contributed by atoms with Crippen LogP contribution in [0.1, 0.15) is 45.4 Å². The molecule has 16 heavy (non-hydrogen) atoms. The molecule has 2 unspecified atom stereocenters. The fraction of sp³-hybridized carbons (Fsp3) is 0.857. The summed E-state index contributed by atoms with van der Waals surface area (Å²) in [5, 5.41) is 0. The van der Waals surface area contributed by atoms with Crippen LogP contribution in [0.25, 0.3) is 0 Å². The van der Waals surface area contributed by atoms with Crippen LogP contribution in [0.2, 0.25) is 0 Å². The highest BCUT2D eigenvalue weighted by Gasteiger charge is 2.57. The minimum absolute atomic E-state index is 0.227. The van der Waals surface area contributed by atoms with Crippen LogP contribution >= 0.6 is 0 Å². The van der Waals surface area contributed by atoms with E-state index in [1.165, 1.54) is 37.7 Å². The summed E-state index contributed by atoms with van der Waals surface area (Å²) in [7, 11) is 0. The Morgan fingerprint density at radius 3 is 2.62 bits per heavy atom. The molecule has 0 spiro atoms. The summed E-state index contributed by atoms with van der Waals surface area (Å²) in [5.41, 5.74) is 1.27. The Labute approximate surface area is 98.0 Å². The van der Waals surface area contributed by atoms with Gasteiger partial charge in [-0.1, -0.05) is 31.4 Å². The van der Waals surface area contributed by atoms with Crippen LogP contribution < -0.4 is 0 Å². The standard InChI is InChI=1S/C14H22O2/c1-10(2)12-8-14(15-9-13(12)16-14)11-6-4-3-5-7-11/h11-13H,1,3-9H2,2H3/t12?,13-,14?/m0/s1.